The molecular weight excluding hydrogens is 411 g/mol. The summed E-state index contributed by atoms with van der Waals surface area (Å²) in [6.07, 6.45) is 1.45. The standard InChI is InChI=1S/C21H20F3N5O2/c1-28(12-13-31-2)20-25-11-10-17(26-20)29(14-6-4-3-5-7-14)21(30)27-19-16(23)9-8-15(22)18(19)24/h3-11H,12-13H2,1-2H3,(H,27,30). The predicted molar refractivity (Wildman–Crippen MR) is 111 cm³/mol. The molecule has 0 unspecified atom stereocenters. The summed E-state index contributed by atoms with van der Waals surface area (Å²) < 4.78 is 46.8. The van der Waals surface area contributed by atoms with Crippen LogP contribution in [0, 0.1) is 17.5 Å². The Morgan fingerprint density at radius 1 is 1.06 bits per heavy atom. The Balaban J connectivity index is 1.99. The van der Waals surface area contributed by atoms with E-state index in [2.05, 4.69) is 15.3 Å². The van der Waals surface area contributed by atoms with Crippen molar-refractivity contribution in [2.75, 3.05) is 42.4 Å². The molecule has 31 heavy (non-hydrogen) atoms. The number of amides is 2. The number of benzene rings is 2. The van der Waals surface area contributed by atoms with Crippen molar-refractivity contribution < 1.29 is 22.7 Å². The maximum atomic E-state index is 14.1. The van der Waals surface area contributed by atoms with Gasteiger partial charge in [0.25, 0.3) is 0 Å². The van der Waals surface area contributed by atoms with Crippen molar-refractivity contribution in [2.24, 2.45) is 0 Å². The summed E-state index contributed by atoms with van der Waals surface area (Å²) in [5.41, 5.74) is -0.515. The minimum Gasteiger partial charge on any atom is -0.383 e. The molecule has 2 amide bonds. The van der Waals surface area contributed by atoms with Crippen LogP contribution in [-0.2, 0) is 4.74 Å². The summed E-state index contributed by atoms with van der Waals surface area (Å²) in [6.45, 7) is 0.933. The van der Waals surface area contributed by atoms with Crippen LogP contribution in [0.5, 0.6) is 0 Å². The van der Waals surface area contributed by atoms with Gasteiger partial charge in [0.1, 0.15) is 17.3 Å². The second-order valence-electron chi connectivity index (χ2n) is 6.45. The zero-order valence-electron chi connectivity index (χ0n) is 16.8. The van der Waals surface area contributed by atoms with Crippen LogP contribution in [-0.4, -0.2) is 43.3 Å². The smallest absolute Gasteiger partial charge is 0.332 e. The summed E-state index contributed by atoms with van der Waals surface area (Å²) in [4.78, 5) is 24.5. The fourth-order valence-electron chi connectivity index (χ4n) is 2.71. The number of urea groups is 1. The molecule has 0 spiro atoms. The van der Waals surface area contributed by atoms with Crippen molar-refractivity contribution >= 4 is 29.2 Å². The highest BCUT2D eigenvalue weighted by molar-refractivity contribution is 6.06. The van der Waals surface area contributed by atoms with Crippen molar-refractivity contribution in [3.8, 4) is 0 Å². The molecule has 0 radical (unpaired) electrons. The van der Waals surface area contributed by atoms with Crippen molar-refractivity contribution in [3.63, 3.8) is 0 Å². The second kappa shape index (κ2) is 9.90. The Hall–Kier alpha value is -3.66. The van der Waals surface area contributed by atoms with Crippen LogP contribution in [0.4, 0.5) is 41.1 Å². The van der Waals surface area contributed by atoms with Crippen LogP contribution in [0.15, 0.2) is 54.7 Å². The van der Waals surface area contributed by atoms with Gasteiger partial charge in [-0.2, -0.15) is 4.98 Å². The summed E-state index contributed by atoms with van der Waals surface area (Å²) >= 11 is 0. The van der Waals surface area contributed by atoms with E-state index in [0.717, 1.165) is 11.0 Å². The molecular formula is C21H20F3N5O2. The number of aromatic nitrogens is 2. The van der Waals surface area contributed by atoms with E-state index in [0.29, 0.717) is 30.9 Å². The number of rotatable bonds is 7. The van der Waals surface area contributed by atoms with E-state index in [1.807, 2.05) is 0 Å². The van der Waals surface area contributed by atoms with E-state index in [1.54, 1.807) is 49.4 Å². The number of hydrogen-bond donors (Lipinski definition) is 1. The molecule has 0 atom stereocenters. The van der Waals surface area contributed by atoms with Crippen LogP contribution in [0.1, 0.15) is 0 Å². The number of anilines is 4. The van der Waals surface area contributed by atoms with Crippen molar-refractivity contribution in [3.05, 3.63) is 72.2 Å². The van der Waals surface area contributed by atoms with E-state index in [1.165, 1.54) is 12.3 Å². The molecule has 10 heteroatoms. The molecule has 162 valence electrons. The molecule has 0 saturated carbocycles. The molecule has 2 aromatic carbocycles. The number of ether oxygens (including phenoxy) is 1. The SMILES string of the molecule is COCCN(C)c1nccc(N(C(=O)Nc2c(F)ccc(F)c2F)c2ccccc2)n1. The lowest BCUT2D eigenvalue weighted by Gasteiger charge is -2.24. The maximum Gasteiger partial charge on any atom is 0.332 e. The van der Waals surface area contributed by atoms with E-state index in [-0.39, 0.29) is 5.82 Å². The fourth-order valence-corrected chi connectivity index (χ4v) is 2.71. The number of nitrogens with one attached hydrogen (secondary N) is 1. The van der Waals surface area contributed by atoms with Gasteiger partial charge in [-0.25, -0.2) is 27.8 Å². The quantitative estimate of drug-likeness (QED) is 0.564. The molecule has 3 aromatic rings. The Morgan fingerprint density at radius 3 is 2.48 bits per heavy atom. The summed E-state index contributed by atoms with van der Waals surface area (Å²) in [5.74, 6) is -3.43. The lowest BCUT2D eigenvalue weighted by molar-refractivity contribution is 0.206. The highest BCUT2D eigenvalue weighted by Crippen LogP contribution is 2.27. The molecule has 0 fully saturated rings. The maximum absolute atomic E-state index is 14.1. The highest BCUT2D eigenvalue weighted by Gasteiger charge is 2.24. The number of carbonyl (C=O) groups is 1. The average molecular weight is 431 g/mol. The van der Waals surface area contributed by atoms with Crippen LogP contribution in [0.25, 0.3) is 0 Å². The molecule has 0 aliphatic carbocycles. The van der Waals surface area contributed by atoms with Crippen LogP contribution >= 0.6 is 0 Å². The zero-order chi connectivity index (χ0) is 22.4. The van der Waals surface area contributed by atoms with Gasteiger partial charge in [0, 0.05) is 33.0 Å². The van der Waals surface area contributed by atoms with Crippen LogP contribution in [0.3, 0.4) is 0 Å². The Kier molecular flexibility index (Phi) is 7.03. The summed E-state index contributed by atoms with van der Waals surface area (Å²) in [5, 5.41) is 2.10. The van der Waals surface area contributed by atoms with Crippen LogP contribution in [0.2, 0.25) is 0 Å². The van der Waals surface area contributed by atoms with Crippen molar-refractivity contribution in [1.82, 2.24) is 9.97 Å². The van der Waals surface area contributed by atoms with Gasteiger partial charge < -0.3 is 15.0 Å². The number of likely N-dealkylation sites (N-methyl/N-ethyl adjacent to an activating group) is 1. The first-order valence-electron chi connectivity index (χ1n) is 9.25. The number of hydrogen-bond acceptors (Lipinski definition) is 5. The minimum absolute atomic E-state index is 0.148. The van der Waals surface area contributed by atoms with Crippen LogP contribution < -0.4 is 15.1 Å². The fraction of sp³-hybridized carbons (Fsp3) is 0.190. The van der Waals surface area contributed by atoms with Gasteiger partial charge in [-0.05, 0) is 24.3 Å². The molecule has 0 aliphatic heterocycles. The largest absolute Gasteiger partial charge is 0.383 e. The zero-order valence-corrected chi connectivity index (χ0v) is 16.8. The van der Waals surface area contributed by atoms with Gasteiger partial charge in [-0.3, -0.25) is 0 Å². The molecule has 1 N–H and O–H groups in total. The highest BCUT2D eigenvalue weighted by atomic mass is 19.2. The lowest BCUT2D eigenvalue weighted by atomic mass is 10.2. The third-order valence-electron chi connectivity index (χ3n) is 4.32. The molecule has 7 nitrogen and oxygen atoms in total. The average Bonchev–Trinajstić information content (AvgIpc) is 2.79. The lowest BCUT2D eigenvalue weighted by Crippen LogP contribution is -2.33. The van der Waals surface area contributed by atoms with Gasteiger partial charge in [0.05, 0.1) is 12.3 Å². The van der Waals surface area contributed by atoms with E-state index >= 15 is 0 Å². The minimum atomic E-state index is -1.50. The molecule has 3 rings (SSSR count). The Labute approximate surface area is 177 Å². The summed E-state index contributed by atoms with van der Waals surface area (Å²) in [6, 6.07) is 10.3. The van der Waals surface area contributed by atoms with Gasteiger partial charge in [-0.15, -0.1) is 0 Å². The van der Waals surface area contributed by atoms with Crippen molar-refractivity contribution in [1.29, 1.82) is 0 Å². The topological polar surface area (TPSA) is 70.6 Å². The van der Waals surface area contributed by atoms with Gasteiger partial charge in [0.15, 0.2) is 11.6 Å². The van der Waals surface area contributed by atoms with Crippen molar-refractivity contribution in [2.45, 2.75) is 0 Å². The monoisotopic (exact) mass is 431 g/mol. The third kappa shape index (κ3) is 5.10. The summed E-state index contributed by atoms with van der Waals surface area (Å²) in [7, 11) is 3.32. The first-order valence-corrected chi connectivity index (χ1v) is 9.25. The Bertz CT molecular complexity index is 1050. The molecule has 0 bridgehead atoms. The number of carbonyl (C=O) groups excluding carboxylic acids is 1. The molecule has 0 saturated heterocycles. The predicted octanol–water partition coefficient (Wildman–Crippen LogP) is 4.35. The van der Waals surface area contributed by atoms with Gasteiger partial charge in [0.2, 0.25) is 5.95 Å². The number of nitrogens with zero attached hydrogens (tertiary/aromatic N) is 4. The second-order valence-corrected chi connectivity index (χ2v) is 6.45. The first-order chi connectivity index (χ1) is 14.9. The number of para-hydroxylation sites is 1. The third-order valence-corrected chi connectivity index (χ3v) is 4.32. The first kappa shape index (κ1) is 22.0. The van der Waals surface area contributed by atoms with E-state index in [9.17, 15) is 18.0 Å². The van der Waals surface area contributed by atoms with E-state index in [4.69, 9.17) is 4.74 Å². The number of halogens is 3. The molecule has 0 aliphatic rings. The van der Waals surface area contributed by atoms with Gasteiger partial charge in [-0.1, -0.05) is 18.2 Å². The number of methoxy groups -OCH3 is 1. The molecule has 1 heterocycles. The normalized spacial score (nSPS) is 10.6. The Morgan fingerprint density at radius 2 is 1.77 bits per heavy atom. The van der Waals surface area contributed by atoms with E-state index < -0.39 is 29.2 Å². The van der Waals surface area contributed by atoms with Gasteiger partial charge >= 0.3 is 6.03 Å². The molecule has 1 aromatic heterocycles.